The lowest BCUT2D eigenvalue weighted by Gasteiger charge is -2.09. The lowest BCUT2D eigenvalue weighted by Crippen LogP contribution is -2.12. The molecule has 0 radical (unpaired) electrons. The molecule has 0 fully saturated rings. The van der Waals surface area contributed by atoms with Crippen molar-refractivity contribution in [2.75, 3.05) is 5.32 Å². The summed E-state index contributed by atoms with van der Waals surface area (Å²) in [4.78, 5) is 12.1. The van der Waals surface area contributed by atoms with E-state index in [1.165, 1.54) is 11.1 Å². The Morgan fingerprint density at radius 3 is 2.41 bits per heavy atom. The molecule has 2 rings (SSSR count). The minimum Gasteiger partial charge on any atom is -0.325 e. The number of hydrogen-bond donors (Lipinski definition) is 1. The first-order valence-electron chi connectivity index (χ1n) is 7.60. The largest absolute Gasteiger partial charge is 0.325 e. The topological polar surface area (TPSA) is 29.1 Å². The van der Waals surface area contributed by atoms with Crippen molar-refractivity contribution in [2.24, 2.45) is 0 Å². The Kier molecular flexibility index (Phi) is 5.78. The van der Waals surface area contributed by atoms with Crippen molar-refractivity contribution in [3.8, 4) is 0 Å². The quantitative estimate of drug-likeness (QED) is 0.755. The summed E-state index contributed by atoms with van der Waals surface area (Å²) in [6.45, 7) is 6.39. The monoisotopic (exact) mass is 359 g/mol. The molecule has 22 heavy (non-hydrogen) atoms. The Bertz CT molecular complexity index is 647. The van der Waals surface area contributed by atoms with Gasteiger partial charge in [-0.25, -0.2) is 0 Å². The molecule has 0 bridgehead atoms. The summed E-state index contributed by atoms with van der Waals surface area (Å²) in [5.74, 6) is 0.578. The second-order valence-electron chi connectivity index (χ2n) is 5.93. The van der Waals surface area contributed by atoms with Crippen molar-refractivity contribution in [3.63, 3.8) is 0 Å². The van der Waals surface area contributed by atoms with E-state index in [1.807, 2.05) is 25.1 Å². The number of rotatable bonds is 5. The molecule has 1 amide bonds. The van der Waals surface area contributed by atoms with Gasteiger partial charge in [-0.2, -0.15) is 0 Å². The van der Waals surface area contributed by atoms with Crippen LogP contribution in [0.1, 0.15) is 42.9 Å². The van der Waals surface area contributed by atoms with Crippen molar-refractivity contribution < 1.29 is 4.79 Å². The molecule has 0 unspecified atom stereocenters. The van der Waals surface area contributed by atoms with Crippen LogP contribution in [-0.4, -0.2) is 5.91 Å². The van der Waals surface area contributed by atoms with Gasteiger partial charge < -0.3 is 5.32 Å². The summed E-state index contributed by atoms with van der Waals surface area (Å²) < 4.78 is 0.919. The maximum atomic E-state index is 12.1. The average Bonchev–Trinajstić information content (AvgIpc) is 2.48. The third kappa shape index (κ3) is 4.70. The molecule has 2 aromatic rings. The molecule has 0 heterocycles. The van der Waals surface area contributed by atoms with Gasteiger partial charge >= 0.3 is 0 Å². The predicted molar refractivity (Wildman–Crippen MR) is 96.4 cm³/mol. The van der Waals surface area contributed by atoms with Crippen LogP contribution < -0.4 is 5.32 Å². The minimum atomic E-state index is 0.0393. The maximum Gasteiger partial charge on any atom is 0.224 e. The summed E-state index contributed by atoms with van der Waals surface area (Å²) in [5.41, 5.74) is 4.51. The third-order valence-corrected chi connectivity index (χ3v) is 4.34. The van der Waals surface area contributed by atoms with Gasteiger partial charge in [-0.15, -0.1) is 0 Å². The fourth-order valence-corrected chi connectivity index (χ4v) is 2.85. The molecule has 116 valence electrons. The zero-order valence-electron chi connectivity index (χ0n) is 13.3. The summed E-state index contributed by atoms with van der Waals surface area (Å²) in [7, 11) is 0. The summed E-state index contributed by atoms with van der Waals surface area (Å²) in [6, 6.07) is 14.4. The van der Waals surface area contributed by atoms with Crippen LogP contribution in [0.3, 0.4) is 0 Å². The Morgan fingerprint density at radius 2 is 1.82 bits per heavy atom. The number of hydrogen-bond acceptors (Lipinski definition) is 1. The number of anilines is 1. The molecule has 0 aliphatic carbocycles. The van der Waals surface area contributed by atoms with Crippen molar-refractivity contribution in [2.45, 2.75) is 39.5 Å². The first-order valence-corrected chi connectivity index (χ1v) is 8.40. The summed E-state index contributed by atoms with van der Waals surface area (Å²) in [6.07, 6.45) is 1.25. The molecule has 0 aliphatic rings. The molecule has 1 N–H and O–H groups in total. The van der Waals surface area contributed by atoms with Gasteiger partial charge in [0.2, 0.25) is 5.91 Å². The molecule has 0 atom stereocenters. The lowest BCUT2D eigenvalue weighted by molar-refractivity contribution is -0.116. The van der Waals surface area contributed by atoms with E-state index in [4.69, 9.17) is 0 Å². The highest BCUT2D eigenvalue weighted by Crippen LogP contribution is 2.23. The summed E-state index contributed by atoms with van der Waals surface area (Å²) in [5, 5.41) is 2.95. The van der Waals surface area contributed by atoms with Gasteiger partial charge in [-0.05, 0) is 64.0 Å². The van der Waals surface area contributed by atoms with Gasteiger partial charge in [0.25, 0.3) is 0 Å². The molecule has 2 nitrogen and oxygen atoms in total. The summed E-state index contributed by atoms with van der Waals surface area (Å²) >= 11 is 3.48. The van der Waals surface area contributed by atoms with E-state index in [0.29, 0.717) is 12.3 Å². The van der Waals surface area contributed by atoms with Gasteiger partial charge in [-0.1, -0.05) is 44.2 Å². The normalized spacial score (nSPS) is 10.8. The molecule has 0 aliphatic heterocycles. The van der Waals surface area contributed by atoms with E-state index in [1.54, 1.807) is 0 Å². The van der Waals surface area contributed by atoms with Crippen LogP contribution in [0, 0.1) is 6.92 Å². The van der Waals surface area contributed by atoms with E-state index >= 15 is 0 Å². The van der Waals surface area contributed by atoms with Gasteiger partial charge in [-0.3, -0.25) is 4.79 Å². The van der Waals surface area contributed by atoms with Gasteiger partial charge in [0.05, 0.1) is 5.69 Å². The third-order valence-electron chi connectivity index (χ3n) is 3.69. The first kappa shape index (κ1) is 16.8. The number of nitrogens with one attached hydrogen (secondary N) is 1. The van der Waals surface area contributed by atoms with Crippen molar-refractivity contribution in [3.05, 3.63) is 63.6 Å². The predicted octanol–water partition coefficient (Wildman–Crippen LogP) is 5.45. The van der Waals surface area contributed by atoms with Crippen molar-refractivity contribution in [1.29, 1.82) is 0 Å². The smallest absolute Gasteiger partial charge is 0.224 e. The number of benzene rings is 2. The van der Waals surface area contributed by atoms with E-state index in [0.717, 1.165) is 22.1 Å². The number of aryl methyl sites for hydroxylation is 2. The van der Waals surface area contributed by atoms with Gasteiger partial charge in [0.1, 0.15) is 0 Å². The van der Waals surface area contributed by atoms with Crippen LogP contribution in [0.25, 0.3) is 0 Å². The molecule has 2 aromatic carbocycles. The fourth-order valence-electron chi connectivity index (χ4n) is 2.26. The number of carbonyl (C=O) groups is 1. The minimum absolute atomic E-state index is 0.0393. The Labute approximate surface area is 141 Å². The van der Waals surface area contributed by atoms with E-state index in [9.17, 15) is 4.79 Å². The lowest BCUT2D eigenvalue weighted by atomic mass is 10.0. The van der Waals surface area contributed by atoms with Crippen LogP contribution >= 0.6 is 15.9 Å². The highest BCUT2D eigenvalue weighted by molar-refractivity contribution is 9.10. The van der Waals surface area contributed by atoms with Crippen molar-refractivity contribution >= 4 is 27.5 Å². The fraction of sp³-hybridized carbons (Fsp3) is 0.316. The molecule has 0 aromatic heterocycles. The molecule has 0 spiro atoms. The second-order valence-corrected chi connectivity index (χ2v) is 6.78. The molecule has 3 heteroatoms. The molecule has 0 saturated heterocycles. The van der Waals surface area contributed by atoms with Crippen molar-refractivity contribution in [1.82, 2.24) is 0 Å². The molecular formula is C19H22BrNO. The van der Waals surface area contributed by atoms with Crippen LogP contribution in [0.4, 0.5) is 5.69 Å². The van der Waals surface area contributed by atoms with E-state index in [-0.39, 0.29) is 5.91 Å². The molecular weight excluding hydrogens is 338 g/mol. The number of halogens is 1. The Balaban J connectivity index is 1.89. The van der Waals surface area contributed by atoms with Crippen LogP contribution in [0.15, 0.2) is 46.9 Å². The standard InChI is InChI=1S/C19H22BrNO/c1-13(2)16-8-5-15(6-9-16)7-11-19(22)21-18-10-4-14(3)12-17(18)20/h4-6,8-10,12-13H,7,11H2,1-3H3,(H,21,22). The average molecular weight is 360 g/mol. The van der Waals surface area contributed by atoms with E-state index < -0.39 is 0 Å². The maximum absolute atomic E-state index is 12.1. The SMILES string of the molecule is Cc1ccc(NC(=O)CCc2ccc(C(C)C)cc2)c(Br)c1. The highest BCUT2D eigenvalue weighted by Gasteiger charge is 2.06. The first-order chi connectivity index (χ1) is 10.5. The number of carbonyl (C=O) groups excluding carboxylic acids is 1. The molecule has 0 saturated carbocycles. The second kappa shape index (κ2) is 7.59. The Morgan fingerprint density at radius 1 is 1.14 bits per heavy atom. The Hall–Kier alpha value is -1.61. The highest BCUT2D eigenvalue weighted by atomic mass is 79.9. The number of amides is 1. The van der Waals surface area contributed by atoms with Crippen LogP contribution in [0.5, 0.6) is 0 Å². The van der Waals surface area contributed by atoms with Gasteiger partial charge in [0, 0.05) is 10.9 Å². The van der Waals surface area contributed by atoms with Crippen LogP contribution in [-0.2, 0) is 11.2 Å². The van der Waals surface area contributed by atoms with Crippen LogP contribution in [0.2, 0.25) is 0 Å². The van der Waals surface area contributed by atoms with E-state index in [2.05, 4.69) is 59.4 Å². The zero-order chi connectivity index (χ0) is 16.1. The zero-order valence-corrected chi connectivity index (χ0v) is 14.9. The van der Waals surface area contributed by atoms with Gasteiger partial charge in [0.15, 0.2) is 0 Å².